The van der Waals surface area contributed by atoms with Gasteiger partial charge in [0, 0.05) is 12.0 Å². The van der Waals surface area contributed by atoms with E-state index < -0.39 is 17.9 Å². The Kier molecular flexibility index (Phi) is 2.07. The monoisotopic (exact) mass is 198 g/mol. The highest BCUT2D eigenvalue weighted by atomic mass is 19.3. The highest BCUT2D eigenvalue weighted by Gasteiger charge is 2.49. The lowest BCUT2D eigenvalue weighted by molar-refractivity contribution is -0.0578. The Hall–Kier alpha value is -0.960. The van der Waals surface area contributed by atoms with E-state index in [9.17, 15) is 13.9 Å². The molecule has 3 heteroatoms. The van der Waals surface area contributed by atoms with Crippen LogP contribution in [0.3, 0.4) is 0 Å². The fourth-order valence-corrected chi connectivity index (χ4v) is 1.52. The second-order valence-corrected chi connectivity index (χ2v) is 3.97. The van der Waals surface area contributed by atoms with Crippen molar-refractivity contribution < 1.29 is 13.9 Å². The standard InChI is InChI=1S/C11H12F2O/c12-11(13,8-10(14)6-7-10)9-4-2-1-3-5-9/h1-5,14H,6-8H2. The van der Waals surface area contributed by atoms with Crippen molar-refractivity contribution in [2.75, 3.05) is 0 Å². The van der Waals surface area contributed by atoms with Gasteiger partial charge in [0.05, 0.1) is 5.60 Å². The van der Waals surface area contributed by atoms with Gasteiger partial charge in [-0.25, -0.2) is 8.78 Å². The van der Waals surface area contributed by atoms with Gasteiger partial charge in [0.2, 0.25) is 0 Å². The highest BCUT2D eigenvalue weighted by molar-refractivity contribution is 5.21. The lowest BCUT2D eigenvalue weighted by Gasteiger charge is -2.19. The highest BCUT2D eigenvalue weighted by Crippen LogP contribution is 2.47. The molecule has 0 heterocycles. The molecule has 1 saturated carbocycles. The minimum absolute atomic E-state index is 0.0136. The molecule has 1 fully saturated rings. The third-order valence-electron chi connectivity index (χ3n) is 2.57. The molecule has 0 unspecified atom stereocenters. The van der Waals surface area contributed by atoms with E-state index in [1.54, 1.807) is 18.2 Å². The van der Waals surface area contributed by atoms with E-state index >= 15 is 0 Å². The average Bonchev–Trinajstić information content (AvgIpc) is 2.84. The molecule has 1 N–H and O–H groups in total. The number of rotatable bonds is 3. The Morgan fingerprint density at radius 2 is 1.79 bits per heavy atom. The number of hydrogen-bond donors (Lipinski definition) is 1. The van der Waals surface area contributed by atoms with Crippen molar-refractivity contribution in [3.63, 3.8) is 0 Å². The molecule has 14 heavy (non-hydrogen) atoms. The van der Waals surface area contributed by atoms with Gasteiger partial charge < -0.3 is 5.11 Å². The predicted octanol–water partition coefficient (Wildman–Crippen LogP) is 2.69. The van der Waals surface area contributed by atoms with E-state index in [1.165, 1.54) is 12.1 Å². The number of aliphatic hydroxyl groups is 1. The minimum atomic E-state index is -2.91. The molecule has 0 aliphatic heterocycles. The Balaban J connectivity index is 2.15. The zero-order valence-corrected chi connectivity index (χ0v) is 7.71. The summed E-state index contributed by atoms with van der Waals surface area (Å²) in [6.45, 7) is 0. The van der Waals surface area contributed by atoms with Gasteiger partial charge >= 0.3 is 0 Å². The maximum atomic E-state index is 13.5. The van der Waals surface area contributed by atoms with Crippen LogP contribution >= 0.6 is 0 Å². The lowest BCUT2D eigenvalue weighted by atomic mass is 10.0. The molecule has 0 saturated heterocycles. The molecule has 0 bridgehead atoms. The molecule has 1 aromatic rings. The van der Waals surface area contributed by atoms with Crippen molar-refractivity contribution >= 4 is 0 Å². The lowest BCUT2D eigenvalue weighted by Crippen LogP contribution is -2.22. The number of hydrogen-bond acceptors (Lipinski definition) is 1. The Labute approximate surface area is 81.4 Å². The van der Waals surface area contributed by atoms with Crippen LogP contribution in [0, 0.1) is 0 Å². The van der Waals surface area contributed by atoms with Crippen molar-refractivity contribution in [2.45, 2.75) is 30.8 Å². The van der Waals surface area contributed by atoms with Crippen molar-refractivity contribution in [1.29, 1.82) is 0 Å². The van der Waals surface area contributed by atoms with E-state index in [0.717, 1.165) is 0 Å². The van der Waals surface area contributed by atoms with E-state index in [4.69, 9.17) is 0 Å². The molecule has 76 valence electrons. The molecule has 2 rings (SSSR count). The third kappa shape index (κ3) is 1.93. The molecule has 0 atom stereocenters. The number of benzene rings is 1. The zero-order valence-electron chi connectivity index (χ0n) is 7.71. The van der Waals surface area contributed by atoms with Gasteiger partial charge in [-0.1, -0.05) is 30.3 Å². The van der Waals surface area contributed by atoms with E-state index in [-0.39, 0.29) is 5.56 Å². The number of alkyl halides is 2. The molecule has 1 nitrogen and oxygen atoms in total. The van der Waals surface area contributed by atoms with Gasteiger partial charge in [-0.15, -0.1) is 0 Å². The minimum Gasteiger partial charge on any atom is -0.390 e. The Bertz CT molecular complexity index is 317. The molecule has 0 radical (unpaired) electrons. The first-order valence-corrected chi connectivity index (χ1v) is 4.68. The SMILES string of the molecule is OC1(CC(F)(F)c2ccccc2)CC1. The summed E-state index contributed by atoms with van der Waals surface area (Å²) in [4.78, 5) is 0. The maximum Gasteiger partial charge on any atom is 0.276 e. The summed E-state index contributed by atoms with van der Waals surface area (Å²) in [6.07, 6.45) is 0.537. The summed E-state index contributed by atoms with van der Waals surface area (Å²) >= 11 is 0. The van der Waals surface area contributed by atoms with Crippen LogP contribution in [0.25, 0.3) is 0 Å². The largest absolute Gasteiger partial charge is 0.390 e. The molecular formula is C11H12F2O. The Morgan fingerprint density at radius 1 is 1.21 bits per heavy atom. The van der Waals surface area contributed by atoms with Gasteiger partial charge in [0.25, 0.3) is 5.92 Å². The molecule has 1 aliphatic rings. The smallest absolute Gasteiger partial charge is 0.276 e. The fourth-order valence-electron chi connectivity index (χ4n) is 1.52. The van der Waals surface area contributed by atoms with Crippen molar-refractivity contribution in [3.05, 3.63) is 35.9 Å². The molecule has 1 aromatic carbocycles. The van der Waals surface area contributed by atoms with Crippen LogP contribution in [-0.4, -0.2) is 10.7 Å². The summed E-state index contributed by atoms with van der Waals surface area (Å²) in [5, 5.41) is 9.45. The summed E-state index contributed by atoms with van der Waals surface area (Å²) in [6, 6.07) is 7.66. The first-order chi connectivity index (χ1) is 6.52. The molecule has 0 amide bonds. The number of halogens is 2. The average molecular weight is 198 g/mol. The van der Waals surface area contributed by atoms with E-state index in [0.29, 0.717) is 12.8 Å². The van der Waals surface area contributed by atoms with Gasteiger partial charge in [-0.3, -0.25) is 0 Å². The zero-order chi connectivity index (χ0) is 10.2. The van der Waals surface area contributed by atoms with Gasteiger partial charge in [-0.05, 0) is 12.8 Å². The Morgan fingerprint density at radius 3 is 2.29 bits per heavy atom. The topological polar surface area (TPSA) is 20.2 Å². The predicted molar refractivity (Wildman–Crippen MR) is 49.1 cm³/mol. The van der Waals surface area contributed by atoms with Crippen LogP contribution in [0.2, 0.25) is 0 Å². The van der Waals surface area contributed by atoms with E-state index in [1.807, 2.05) is 0 Å². The molecule has 1 aliphatic carbocycles. The third-order valence-corrected chi connectivity index (χ3v) is 2.57. The first-order valence-electron chi connectivity index (χ1n) is 4.68. The van der Waals surface area contributed by atoms with Crippen LogP contribution in [0.1, 0.15) is 24.8 Å². The molecule has 0 spiro atoms. The van der Waals surface area contributed by atoms with Crippen molar-refractivity contribution in [3.8, 4) is 0 Å². The molecule has 0 aromatic heterocycles. The maximum absolute atomic E-state index is 13.5. The van der Waals surface area contributed by atoms with Gasteiger partial charge in [0.1, 0.15) is 0 Å². The van der Waals surface area contributed by atoms with Crippen LogP contribution < -0.4 is 0 Å². The summed E-state index contributed by atoms with van der Waals surface area (Å²) < 4.78 is 27.1. The molecular weight excluding hydrogens is 186 g/mol. The summed E-state index contributed by atoms with van der Waals surface area (Å²) in [5.41, 5.74) is -1.13. The quantitative estimate of drug-likeness (QED) is 0.791. The van der Waals surface area contributed by atoms with Crippen molar-refractivity contribution in [2.24, 2.45) is 0 Å². The fraction of sp³-hybridized carbons (Fsp3) is 0.455. The van der Waals surface area contributed by atoms with Crippen LogP contribution in [0.5, 0.6) is 0 Å². The van der Waals surface area contributed by atoms with Crippen molar-refractivity contribution in [1.82, 2.24) is 0 Å². The summed E-state index contributed by atoms with van der Waals surface area (Å²) in [5.74, 6) is -2.91. The van der Waals surface area contributed by atoms with Crippen LogP contribution in [0.15, 0.2) is 30.3 Å². The second kappa shape index (κ2) is 3.02. The van der Waals surface area contributed by atoms with Crippen LogP contribution in [0.4, 0.5) is 8.78 Å². The van der Waals surface area contributed by atoms with Gasteiger partial charge in [0.15, 0.2) is 0 Å². The van der Waals surface area contributed by atoms with E-state index in [2.05, 4.69) is 0 Å². The second-order valence-electron chi connectivity index (χ2n) is 3.97. The summed E-state index contributed by atoms with van der Waals surface area (Å²) in [7, 11) is 0. The normalized spacial score (nSPS) is 19.4. The van der Waals surface area contributed by atoms with Gasteiger partial charge in [-0.2, -0.15) is 0 Å². The first kappa shape index (κ1) is 9.59. The van der Waals surface area contributed by atoms with Crippen LogP contribution in [-0.2, 0) is 5.92 Å².